The molecule has 0 aromatic carbocycles. The van der Waals surface area contributed by atoms with Crippen molar-refractivity contribution in [3.63, 3.8) is 0 Å². The van der Waals surface area contributed by atoms with Gasteiger partial charge >= 0.3 is 11.9 Å². The second-order valence-corrected chi connectivity index (χ2v) is 13.3. The number of unbranched alkanes of at least 4 members (excludes halogenated alkanes) is 15. The van der Waals surface area contributed by atoms with E-state index < -0.39 is 12.0 Å². The lowest BCUT2D eigenvalue weighted by Crippen LogP contribution is -2.40. The lowest BCUT2D eigenvalue weighted by molar-refractivity contribution is -0.150. The highest BCUT2D eigenvalue weighted by Crippen LogP contribution is 2.17. The lowest BCUT2D eigenvalue weighted by Gasteiger charge is -2.18. The minimum absolute atomic E-state index is 0.0314. The van der Waals surface area contributed by atoms with E-state index in [1.807, 2.05) is 0 Å². The van der Waals surface area contributed by atoms with Crippen molar-refractivity contribution < 1.29 is 24.2 Å². The van der Waals surface area contributed by atoms with Crippen LogP contribution in [-0.2, 0) is 19.1 Å². The van der Waals surface area contributed by atoms with Crippen molar-refractivity contribution in [2.75, 3.05) is 6.54 Å². The first-order valence-corrected chi connectivity index (χ1v) is 19.8. The molecule has 0 heterocycles. The van der Waals surface area contributed by atoms with Crippen molar-refractivity contribution in [3.8, 4) is 0 Å². The van der Waals surface area contributed by atoms with Crippen molar-refractivity contribution in [2.24, 2.45) is 5.73 Å². The number of nitrogens with one attached hydrogen (secondary N) is 1. The normalized spacial score (nSPS) is 13.1. The summed E-state index contributed by atoms with van der Waals surface area (Å²) in [6.45, 7) is 4.87. The Balaban J connectivity index is 4.41. The Morgan fingerprint density at radius 2 is 1.12 bits per heavy atom. The lowest BCUT2D eigenvalue weighted by atomic mass is 10.0. The van der Waals surface area contributed by atoms with Gasteiger partial charge < -0.3 is 20.9 Å². The molecule has 2 unspecified atom stereocenters. The standard InChI is InChI=1S/C41H74N2O5/c1-3-5-7-9-11-13-15-17-19-22-26-31-37(48-40(45)35-29-25-20-18-16-14-12-10-8-6-4-2)32-27-23-21-24-28-34-39(44)43-38(41(46)47)33-30-36-42/h10-13,17,19,37-38H,3-9,14-16,18,20-36,42H2,1-2H3,(H,43,44)(H,46,47)/b12-10-,13-11-,19-17-. The van der Waals surface area contributed by atoms with E-state index in [0.29, 0.717) is 32.2 Å². The summed E-state index contributed by atoms with van der Waals surface area (Å²) in [5, 5.41) is 11.9. The number of nitrogens with two attached hydrogens (primary N) is 1. The molecule has 0 saturated heterocycles. The molecule has 7 nitrogen and oxygen atoms in total. The number of ether oxygens (including phenoxy) is 1. The monoisotopic (exact) mass is 675 g/mol. The Bertz CT molecular complexity index is 854. The summed E-state index contributed by atoms with van der Waals surface area (Å²) in [7, 11) is 0. The Labute approximate surface area is 295 Å². The number of carboxylic acids is 1. The fraction of sp³-hybridized carbons (Fsp3) is 0.780. The molecule has 4 N–H and O–H groups in total. The summed E-state index contributed by atoms with van der Waals surface area (Å²) >= 11 is 0. The highest BCUT2D eigenvalue weighted by molar-refractivity contribution is 5.83. The number of carbonyl (C=O) groups is 3. The number of rotatable bonds is 35. The van der Waals surface area contributed by atoms with E-state index in [1.54, 1.807) is 0 Å². The molecule has 0 saturated carbocycles. The maximum Gasteiger partial charge on any atom is 0.326 e. The fourth-order valence-corrected chi connectivity index (χ4v) is 5.64. The van der Waals surface area contributed by atoms with Gasteiger partial charge in [0, 0.05) is 12.8 Å². The molecule has 0 aromatic heterocycles. The number of hydrogen-bond donors (Lipinski definition) is 3. The van der Waals surface area contributed by atoms with E-state index in [9.17, 15) is 19.5 Å². The van der Waals surface area contributed by atoms with Gasteiger partial charge in [-0.3, -0.25) is 9.59 Å². The molecule has 48 heavy (non-hydrogen) atoms. The van der Waals surface area contributed by atoms with Crippen LogP contribution >= 0.6 is 0 Å². The Kier molecular flexibility index (Phi) is 34.1. The van der Waals surface area contributed by atoms with Crippen LogP contribution in [0.2, 0.25) is 0 Å². The molecule has 7 heteroatoms. The third kappa shape index (κ3) is 32.2. The molecular weight excluding hydrogens is 600 g/mol. The molecule has 0 bridgehead atoms. The molecule has 0 fully saturated rings. The van der Waals surface area contributed by atoms with Gasteiger partial charge in [-0.05, 0) is 103 Å². The molecular formula is C41H74N2O5. The highest BCUT2D eigenvalue weighted by atomic mass is 16.5. The Morgan fingerprint density at radius 3 is 1.77 bits per heavy atom. The molecule has 1 amide bonds. The minimum Gasteiger partial charge on any atom is -0.480 e. The topological polar surface area (TPSA) is 119 Å². The zero-order chi connectivity index (χ0) is 35.3. The van der Waals surface area contributed by atoms with Crippen LogP contribution in [0.1, 0.15) is 187 Å². The van der Waals surface area contributed by atoms with Crippen LogP contribution in [0.15, 0.2) is 36.5 Å². The van der Waals surface area contributed by atoms with E-state index in [1.165, 1.54) is 64.2 Å². The van der Waals surface area contributed by atoms with Crippen molar-refractivity contribution in [2.45, 2.75) is 199 Å². The largest absolute Gasteiger partial charge is 0.480 e. The second kappa shape index (κ2) is 35.9. The van der Waals surface area contributed by atoms with E-state index in [4.69, 9.17) is 10.5 Å². The minimum atomic E-state index is -1.01. The quantitative estimate of drug-likeness (QED) is 0.0350. The van der Waals surface area contributed by atoms with Crippen LogP contribution in [0.3, 0.4) is 0 Å². The maximum atomic E-state index is 12.7. The molecule has 0 radical (unpaired) electrons. The molecule has 2 atom stereocenters. The molecule has 0 spiro atoms. The number of carboxylic acid groups (broad SMARTS) is 1. The smallest absolute Gasteiger partial charge is 0.326 e. The first-order chi connectivity index (χ1) is 23.4. The molecule has 278 valence electrons. The van der Waals surface area contributed by atoms with E-state index >= 15 is 0 Å². The SMILES string of the molecule is CCCC/C=C\CCCCCCCC(=O)OC(CCC/C=C\C/C=C\CCCCC)CCCCCCCC(=O)NC(CCCN)C(=O)O. The number of hydrogen-bond acceptors (Lipinski definition) is 5. The summed E-state index contributed by atoms with van der Waals surface area (Å²) in [6, 6.07) is -0.860. The Hall–Kier alpha value is -2.41. The number of allylic oxidation sites excluding steroid dienone is 6. The van der Waals surface area contributed by atoms with E-state index in [-0.39, 0.29) is 18.0 Å². The van der Waals surface area contributed by atoms with Crippen LogP contribution in [-0.4, -0.2) is 41.6 Å². The summed E-state index contributed by atoms with van der Waals surface area (Å²) in [5.74, 6) is -1.27. The number of aliphatic carboxylic acids is 1. The maximum absolute atomic E-state index is 12.7. The van der Waals surface area contributed by atoms with Gasteiger partial charge in [-0.15, -0.1) is 0 Å². The van der Waals surface area contributed by atoms with Crippen molar-refractivity contribution in [1.82, 2.24) is 5.32 Å². The summed E-state index contributed by atoms with van der Waals surface area (Å²) < 4.78 is 5.99. The first kappa shape index (κ1) is 45.6. The number of carbonyl (C=O) groups excluding carboxylic acids is 2. The third-order valence-corrected chi connectivity index (χ3v) is 8.68. The average molecular weight is 675 g/mol. The predicted octanol–water partition coefficient (Wildman–Crippen LogP) is 10.7. The van der Waals surface area contributed by atoms with Gasteiger partial charge in [-0.25, -0.2) is 4.79 Å². The molecule has 0 aliphatic heterocycles. The van der Waals surface area contributed by atoms with Crippen LogP contribution in [0, 0.1) is 0 Å². The van der Waals surface area contributed by atoms with Gasteiger partial charge in [0.2, 0.25) is 5.91 Å². The van der Waals surface area contributed by atoms with Gasteiger partial charge in [0.1, 0.15) is 12.1 Å². The second-order valence-electron chi connectivity index (χ2n) is 13.3. The summed E-state index contributed by atoms with van der Waals surface area (Å²) in [6.07, 6.45) is 40.4. The number of amides is 1. The van der Waals surface area contributed by atoms with E-state index in [2.05, 4.69) is 55.6 Å². The van der Waals surface area contributed by atoms with Gasteiger partial charge in [0.05, 0.1) is 0 Å². The molecule has 0 aliphatic carbocycles. The molecule has 0 aromatic rings. The average Bonchev–Trinajstić information content (AvgIpc) is 3.07. The van der Waals surface area contributed by atoms with Gasteiger partial charge in [-0.2, -0.15) is 0 Å². The van der Waals surface area contributed by atoms with Gasteiger partial charge in [0.15, 0.2) is 0 Å². The van der Waals surface area contributed by atoms with Crippen LogP contribution in [0.4, 0.5) is 0 Å². The van der Waals surface area contributed by atoms with Crippen molar-refractivity contribution in [1.29, 1.82) is 0 Å². The summed E-state index contributed by atoms with van der Waals surface area (Å²) in [5.41, 5.74) is 5.47. The fourth-order valence-electron chi connectivity index (χ4n) is 5.64. The van der Waals surface area contributed by atoms with Crippen LogP contribution < -0.4 is 11.1 Å². The van der Waals surface area contributed by atoms with Crippen molar-refractivity contribution >= 4 is 17.8 Å². The van der Waals surface area contributed by atoms with Crippen molar-refractivity contribution in [3.05, 3.63) is 36.5 Å². The van der Waals surface area contributed by atoms with Gasteiger partial charge in [0.25, 0.3) is 0 Å². The highest BCUT2D eigenvalue weighted by Gasteiger charge is 2.19. The van der Waals surface area contributed by atoms with Crippen LogP contribution in [0.5, 0.6) is 0 Å². The third-order valence-electron chi connectivity index (χ3n) is 8.68. The summed E-state index contributed by atoms with van der Waals surface area (Å²) in [4.78, 5) is 36.2. The molecule has 0 aliphatic rings. The Morgan fingerprint density at radius 1 is 0.604 bits per heavy atom. The molecule has 0 rings (SSSR count). The zero-order valence-electron chi connectivity index (χ0n) is 31.1. The van der Waals surface area contributed by atoms with Gasteiger partial charge in [-0.1, -0.05) is 115 Å². The predicted molar refractivity (Wildman–Crippen MR) is 202 cm³/mol. The zero-order valence-corrected chi connectivity index (χ0v) is 31.1. The first-order valence-electron chi connectivity index (χ1n) is 19.8. The number of esters is 1. The van der Waals surface area contributed by atoms with E-state index in [0.717, 1.165) is 83.5 Å². The van der Waals surface area contributed by atoms with Crippen LogP contribution in [0.25, 0.3) is 0 Å².